The summed E-state index contributed by atoms with van der Waals surface area (Å²) < 4.78 is 0. The zero-order valence-corrected chi connectivity index (χ0v) is 25.6. The Morgan fingerprint density at radius 1 is 1.10 bits per heavy atom. The third kappa shape index (κ3) is 12.5. The summed E-state index contributed by atoms with van der Waals surface area (Å²) in [5.41, 5.74) is 9.40. The summed E-state index contributed by atoms with van der Waals surface area (Å²) in [7, 11) is 0. The molecule has 1 aliphatic rings. The van der Waals surface area contributed by atoms with Crippen LogP contribution < -0.4 is 21.7 Å². The number of carbonyl (C=O) groups is 1. The van der Waals surface area contributed by atoms with Gasteiger partial charge >= 0.3 is 5.70 Å². The molecule has 1 aliphatic carbocycles. The fourth-order valence-corrected chi connectivity index (χ4v) is 5.10. The Kier molecular flexibility index (Phi) is 15.8. The molecule has 228 valence electrons. The summed E-state index contributed by atoms with van der Waals surface area (Å²) in [6.45, 7) is 10.5. The Labute approximate surface area is 246 Å². The molecule has 9 heteroatoms. The maximum atomic E-state index is 12.2. The summed E-state index contributed by atoms with van der Waals surface area (Å²) in [5, 5.41) is 21.5. The van der Waals surface area contributed by atoms with Crippen LogP contribution in [0.1, 0.15) is 89.7 Å². The molecule has 0 atom stereocenters. The van der Waals surface area contributed by atoms with Crippen LogP contribution in [0.5, 0.6) is 0 Å². The van der Waals surface area contributed by atoms with Gasteiger partial charge in [-0.1, -0.05) is 37.6 Å². The maximum absolute atomic E-state index is 12.2. The van der Waals surface area contributed by atoms with Crippen molar-refractivity contribution in [3.8, 4) is 0 Å². The summed E-state index contributed by atoms with van der Waals surface area (Å²) in [6.07, 6.45) is 10.6. The lowest BCUT2D eigenvalue weighted by Crippen LogP contribution is -2.36. The Balaban J connectivity index is 1.82. The van der Waals surface area contributed by atoms with Gasteiger partial charge in [-0.05, 0) is 113 Å². The van der Waals surface area contributed by atoms with Crippen LogP contribution >= 0.6 is 0 Å². The zero-order chi connectivity index (χ0) is 30.0. The van der Waals surface area contributed by atoms with E-state index in [1.807, 2.05) is 19.1 Å². The highest BCUT2D eigenvalue weighted by Gasteiger charge is 2.23. The fourth-order valence-electron chi connectivity index (χ4n) is 5.10. The lowest BCUT2D eigenvalue weighted by molar-refractivity contribution is -0.415. The largest absolute Gasteiger partial charge is 0.372 e. The number of hydrogen-bond acceptors (Lipinski definition) is 6. The number of aliphatic imine (C=N–C) groups is 1. The van der Waals surface area contributed by atoms with E-state index in [0.717, 1.165) is 75.7 Å². The minimum atomic E-state index is -0.373. The monoisotopic (exact) mass is 568 g/mol. The van der Waals surface area contributed by atoms with Crippen molar-refractivity contribution < 1.29 is 9.72 Å². The fraction of sp³-hybridized carbons (Fsp3) is 0.625. The van der Waals surface area contributed by atoms with Crippen LogP contribution in [0, 0.1) is 28.9 Å². The van der Waals surface area contributed by atoms with Crippen LogP contribution in [0.15, 0.2) is 52.4 Å². The highest BCUT2D eigenvalue weighted by Crippen LogP contribution is 2.28. The van der Waals surface area contributed by atoms with Gasteiger partial charge in [0.05, 0.1) is 4.92 Å². The van der Waals surface area contributed by atoms with E-state index in [0.29, 0.717) is 43.7 Å². The SMILES string of the molecule is C/C=C(\C(=NCC1CCC(CN)CC1)N/C(NCCCCCC(=O)NCCc1ccccc1C)=C(\C)CC)[N+](=O)[O-]. The number of carbonyl (C=O) groups excluding carboxylic acids is 1. The predicted octanol–water partition coefficient (Wildman–Crippen LogP) is 5.38. The molecular formula is C32H52N6O3. The number of benzene rings is 1. The molecule has 0 saturated heterocycles. The van der Waals surface area contributed by atoms with Gasteiger partial charge in [0.25, 0.3) is 0 Å². The molecule has 1 saturated carbocycles. The first-order valence-corrected chi connectivity index (χ1v) is 15.4. The number of unbranched alkanes of at least 4 members (excludes halogenated alkanes) is 2. The molecular weight excluding hydrogens is 516 g/mol. The summed E-state index contributed by atoms with van der Waals surface area (Å²) in [6, 6.07) is 8.25. The number of aryl methyl sites for hydroxylation is 1. The summed E-state index contributed by atoms with van der Waals surface area (Å²) in [5.74, 6) is 2.17. The van der Waals surface area contributed by atoms with Gasteiger partial charge in [-0.2, -0.15) is 0 Å². The lowest BCUT2D eigenvalue weighted by Gasteiger charge is -2.26. The van der Waals surface area contributed by atoms with Crippen LogP contribution in [0.4, 0.5) is 0 Å². The molecule has 1 aromatic carbocycles. The standard InChI is InChI=1S/C32H52N6O3/c1-5-24(3)31(35-20-11-7-8-14-30(39)34-21-19-28-13-10-9-12-25(28)4)37-32(29(6-2)38(40)41)36-23-27-17-15-26(22-33)16-18-27/h6,9-10,12-13,26-27,35H,5,7-8,11,14-23,33H2,1-4H3,(H,34,39)(H,36,37)/b29-6+,31-24+. The second-order valence-electron chi connectivity index (χ2n) is 11.1. The van der Waals surface area contributed by atoms with Gasteiger partial charge in [0, 0.05) is 26.1 Å². The van der Waals surface area contributed by atoms with E-state index in [1.54, 1.807) is 6.92 Å². The average Bonchev–Trinajstić information content (AvgIpc) is 2.97. The van der Waals surface area contributed by atoms with Gasteiger partial charge in [-0.15, -0.1) is 0 Å². The quantitative estimate of drug-likeness (QED) is 0.0655. The maximum Gasteiger partial charge on any atom is 0.307 e. The Hall–Kier alpha value is -3.20. The molecule has 1 aromatic rings. The first-order valence-electron chi connectivity index (χ1n) is 15.4. The highest BCUT2D eigenvalue weighted by atomic mass is 16.6. The van der Waals surface area contributed by atoms with Crippen molar-refractivity contribution in [3.05, 3.63) is 68.7 Å². The molecule has 5 N–H and O–H groups in total. The van der Waals surface area contributed by atoms with E-state index in [2.05, 4.69) is 41.9 Å². The van der Waals surface area contributed by atoms with Crippen molar-refractivity contribution in [3.63, 3.8) is 0 Å². The van der Waals surface area contributed by atoms with Crippen LogP contribution in [0.2, 0.25) is 0 Å². The van der Waals surface area contributed by atoms with Gasteiger partial charge in [0.1, 0.15) is 5.82 Å². The minimum Gasteiger partial charge on any atom is -0.372 e. The third-order valence-corrected chi connectivity index (χ3v) is 8.08. The molecule has 0 aliphatic heterocycles. The molecule has 9 nitrogen and oxygen atoms in total. The van der Waals surface area contributed by atoms with Gasteiger partial charge in [-0.3, -0.25) is 19.9 Å². The number of allylic oxidation sites excluding steroid dienone is 2. The van der Waals surface area contributed by atoms with E-state index in [9.17, 15) is 14.9 Å². The predicted molar refractivity (Wildman–Crippen MR) is 168 cm³/mol. The van der Waals surface area contributed by atoms with E-state index >= 15 is 0 Å². The first-order chi connectivity index (χ1) is 19.8. The highest BCUT2D eigenvalue weighted by molar-refractivity contribution is 5.97. The van der Waals surface area contributed by atoms with Crippen molar-refractivity contribution in [2.24, 2.45) is 22.6 Å². The summed E-state index contributed by atoms with van der Waals surface area (Å²) in [4.78, 5) is 28.4. The second kappa shape index (κ2) is 19.0. The molecule has 0 heterocycles. The molecule has 0 radical (unpaired) electrons. The number of rotatable bonds is 17. The van der Waals surface area contributed by atoms with Crippen molar-refractivity contribution in [2.45, 2.75) is 91.9 Å². The van der Waals surface area contributed by atoms with E-state index in [1.165, 1.54) is 17.2 Å². The topological polar surface area (TPSA) is 135 Å². The number of amides is 1. The number of nitrogens with one attached hydrogen (secondary N) is 3. The molecule has 0 unspecified atom stereocenters. The number of nitro groups is 1. The molecule has 0 spiro atoms. The first kappa shape index (κ1) is 34.0. The molecule has 41 heavy (non-hydrogen) atoms. The lowest BCUT2D eigenvalue weighted by atomic mass is 9.82. The van der Waals surface area contributed by atoms with Crippen LogP contribution in [0.25, 0.3) is 0 Å². The van der Waals surface area contributed by atoms with Gasteiger partial charge < -0.3 is 21.7 Å². The number of amidine groups is 1. The minimum absolute atomic E-state index is 0.0164. The molecule has 0 aromatic heterocycles. The van der Waals surface area contributed by atoms with Gasteiger partial charge in [0.2, 0.25) is 11.7 Å². The van der Waals surface area contributed by atoms with E-state index < -0.39 is 0 Å². The molecule has 2 rings (SSSR count). The third-order valence-electron chi connectivity index (χ3n) is 8.08. The van der Waals surface area contributed by atoms with Crippen molar-refractivity contribution in [1.82, 2.24) is 16.0 Å². The number of nitrogens with zero attached hydrogens (tertiary/aromatic N) is 2. The zero-order valence-electron chi connectivity index (χ0n) is 25.6. The van der Waals surface area contributed by atoms with E-state index in [-0.39, 0.29) is 16.5 Å². The second-order valence-corrected chi connectivity index (χ2v) is 11.1. The smallest absolute Gasteiger partial charge is 0.307 e. The molecule has 1 amide bonds. The molecule has 1 fully saturated rings. The van der Waals surface area contributed by atoms with Crippen molar-refractivity contribution in [2.75, 3.05) is 26.2 Å². The van der Waals surface area contributed by atoms with E-state index in [4.69, 9.17) is 10.7 Å². The van der Waals surface area contributed by atoms with Crippen LogP contribution in [0.3, 0.4) is 0 Å². The van der Waals surface area contributed by atoms with Crippen LogP contribution in [-0.4, -0.2) is 42.8 Å². The molecule has 0 bridgehead atoms. The average molecular weight is 569 g/mol. The summed E-state index contributed by atoms with van der Waals surface area (Å²) >= 11 is 0. The normalized spacial score (nSPS) is 18.5. The van der Waals surface area contributed by atoms with Crippen molar-refractivity contribution >= 4 is 11.7 Å². The van der Waals surface area contributed by atoms with Crippen LogP contribution in [-0.2, 0) is 11.2 Å². The number of hydrogen-bond donors (Lipinski definition) is 4. The van der Waals surface area contributed by atoms with Gasteiger partial charge in [0.15, 0.2) is 0 Å². The van der Waals surface area contributed by atoms with Gasteiger partial charge in [-0.25, -0.2) is 0 Å². The Bertz CT molecular complexity index is 1060. The Morgan fingerprint density at radius 3 is 2.44 bits per heavy atom. The Morgan fingerprint density at radius 2 is 1.80 bits per heavy atom. The number of nitrogens with two attached hydrogens (primary N) is 1. The van der Waals surface area contributed by atoms with Crippen molar-refractivity contribution in [1.29, 1.82) is 0 Å².